The first-order chi connectivity index (χ1) is 12.8. The Morgan fingerprint density at radius 2 is 2.12 bits per heavy atom. The second-order valence-corrected chi connectivity index (χ2v) is 5.75. The number of carbonyl (C=O) groups is 1. The van der Waals surface area contributed by atoms with Crippen molar-refractivity contribution in [2.75, 3.05) is 11.9 Å². The van der Waals surface area contributed by atoms with E-state index in [-0.39, 0.29) is 5.91 Å². The Kier molecular flexibility index (Phi) is 4.11. The minimum Gasteiger partial charge on any atom is -0.489 e. The lowest BCUT2D eigenvalue weighted by Gasteiger charge is -2.07. The second-order valence-electron chi connectivity index (χ2n) is 5.75. The molecule has 1 amide bonds. The minimum atomic E-state index is -0.150. The number of amides is 1. The summed E-state index contributed by atoms with van der Waals surface area (Å²) in [6, 6.07) is 13.2. The molecule has 2 heterocycles. The number of para-hydroxylation sites is 1. The smallest absolute Gasteiger partial charge is 0.256 e. The van der Waals surface area contributed by atoms with Crippen LogP contribution in [0.5, 0.6) is 5.75 Å². The highest BCUT2D eigenvalue weighted by molar-refractivity contribution is 6.35. The molecule has 0 aliphatic carbocycles. The van der Waals surface area contributed by atoms with Crippen LogP contribution in [0.3, 0.4) is 0 Å². The van der Waals surface area contributed by atoms with Gasteiger partial charge in [-0.15, -0.1) is 0 Å². The van der Waals surface area contributed by atoms with Gasteiger partial charge in [-0.1, -0.05) is 36.9 Å². The normalized spacial score (nSPS) is 14.2. The van der Waals surface area contributed by atoms with Crippen molar-refractivity contribution in [2.45, 2.75) is 0 Å². The number of nitrogens with zero attached hydrogens (tertiary/aromatic N) is 1. The van der Waals surface area contributed by atoms with E-state index in [0.717, 1.165) is 22.4 Å². The summed E-state index contributed by atoms with van der Waals surface area (Å²) in [6.45, 7) is 4.07. The highest BCUT2D eigenvalue weighted by atomic mass is 16.5. The van der Waals surface area contributed by atoms with Gasteiger partial charge in [0.2, 0.25) is 5.89 Å². The quantitative estimate of drug-likeness (QED) is 0.550. The first-order valence-corrected chi connectivity index (χ1v) is 8.16. The lowest BCUT2D eigenvalue weighted by atomic mass is 10.0. The Hall–Kier alpha value is -3.60. The predicted octanol–water partition coefficient (Wildman–Crippen LogP) is 4.40. The highest BCUT2D eigenvalue weighted by Crippen LogP contribution is 2.37. The van der Waals surface area contributed by atoms with Gasteiger partial charge in [0.05, 0.1) is 6.20 Å². The van der Waals surface area contributed by atoms with Crippen molar-refractivity contribution in [2.24, 2.45) is 0 Å². The largest absolute Gasteiger partial charge is 0.489 e. The predicted molar refractivity (Wildman–Crippen MR) is 101 cm³/mol. The molecule has 0 radical (unpaired) electrons. The van der Waals surface area contributed by atoms with E-state index in [1.807, 2.05) is 48.5 Å². The number of aromatic nitrogens is 1. The SMILES string of the molecule is C=CCOc1ccccc1/C=C1/C(=O)Nc2cc(-c3ncco3)ccc21. The average molecular weight is 344 g/mol. The molecule has 26 heavy (non-hydrogen) atoms. The van der Waals surface area contributed by atoms with Gasteiger partial charge in [0.15, 0.2) is 0 Å². The molecular formula is C21H16N2O3. The van der Waals surface area contributed by atoms with Gasteiger partial charge in [-0.05, 0) is 24.3 Å². The van der Waals surface area contributed by atoms with Crippen molar-refractivity contribution in [3.8, 4) is 17.2 Å². The summed E-state index contributed by atoms with van der Waals surface area (Å²) in [4.78, 5) is 16.6. The van der Waals surface area contributed by atoms with Gasteiger partial charge in [-0.3, -0.25) is 4.79 Å². The highest BCUT2D eigenvalue weighted by Gasteiger charge is 2.25. The lowest BCUT2D eigenvalue weighted by molar-refractivity contribution is -0.110. The van der Waals surface area contributed by atoms with E-state index in [0.29, 0.717) is 23.8 Å². The van der Waals surface area contributed by atoms with Gasteiger partial charge in [0, 0.05) is 28.0 Å². The third-order valence-corrected chi connectivity index (χ3v) is 4.06. The molecule has 0 atom stereocenters. The number of ether oxygens (including phenoxy) is 1. The Morgan fingerprint density at radius 1 is 1.23 bits per heavy atom. The monoisotopic (exact) mass is 344 g/mol. The molecular weight excluding hydrogens is 328 g/mol. The van der Waals surface area contributed by atoms with Crippen LogP contribution in [0.2, 0.25) is 0 Å². The van der Waals surface area contributed by atoms with E-state index in [9.17, 15) is 4.79 Å². The van der Waals surface area contributed by atoms with Crippen molar-refractivity contribution >= 4 is 23.2 Å². The number of nitrogens with one attached hydrogen (secondary N) is 1. The first-order valence-electron chi connectivity index (χ1n) is 8.16. The van der Waals surface area contributed by atoms with Crippen LogP contribution < -0.4 is 10.1 Å². The van der Waals surface area contributed by atoms with E-state index in [2.05, 4.69) is 16.9 Å². The molecule has 0 saturated heterocycles. The zero-order valence-corrected chi connectivity index (χ0v) is 13.9. The van der Waals surface area contributed by atoms with Crippen LogP contribution in [0.25, 0.3) is 23.1 Å². The van der Waals surface area contributed by atoms with Crippen molar-refractivity contribution in [3.05, 3.63) is 78.7 Å². The fourth-order valence-corrected chi connectivity index (χ4v) is 2.87. The van der Waals surface area contributed by atoms with Gasteiger partial charge in [-0.25, -0.2) is 4.98 Å². The molecule has 0 bridgehead atoms. The number of rotatable bonds is 5. The van der Waals surface area contributed by atoms with E-state index in [1.54, 1.807) is 12.3 Å². The number of fused-ring (bicyclic) bond motifs is 1. The number of anilines is 1. The summed E-state index contributed by atoms with van der Waals surface area (Å²) in [7, 11) is 0. The summed E-state index contributed by atoms with van der Waals surface area (Å²) in [5.74, 6) is 1.07. The van der Waals surface area contributed by atoms with E-state index in [1.165, 1.54) is 6.26 Å². The van der Waals surface area contributed by atoms with Crippen LogP contribution in [0.15, 0.2) is 72.0 Å². The number of hydrogen-bond acceptors (Lipinski definition) is 4. The van der Waals surface area contributed by atoms with E-state index in [4.69, 9.17) is 9.15 Å². The maximum absolute atomic E-state index is 12.5. The molecule has 1 aliphatic heterocycles. The van der Waals surface area contributed by atoms with Gasteiger partial charge in [-0.2, -0.15) is 0 Å². The molecule has 1 aromatic heterocycles. The Bertz CT molecular complexity index is 1000. The fourth-order valence-electron chi connectivity index (χ4n) is 2.87. The summed E-state index contributed by atoms with van der Waals surface area (Å²) >= 11 is 0. The maximum atomic E-state index is 12.5. The van der Waals surface area contributed by atoms with Crippen molar-refractivity contribution in [1.29, 1.82) is 0 Å². The van der Waals surface area contributed by atoms with Crippen LogP contribution in [0.4, 0.5) is 5.69 Å². The van der Waals surface area contributed by atoms with E-state index >= 15 is 0 Å². The second kappa shape index (κ2) is 6.72. The standard InChI is InChI=1S/C21H16N2O3/c1-2-10-25-19-6-4-3-5-14(19)12-17-16-8-7-15(21-22-9-11-26-21)13-18(16)23-20(17)24/h2-9,11-13H,1,10H2,(H,23,24)/b17-12+. The summed E-state index contributed by atoms with van der Waals surface area (Å²) < 4.78 is 11.0. The van der Waals surface area contributed by atoms with Crippen molar-refractivity contribution in [3.63, 3.8) is 0 Å². The van der Waals surface area contributed by atoms with Gasteiger partial charge in [0.25, 0.3) is 5.91 Å². The average Bonchev–Trinajstić information content (AvgIpc) is 3.29. The van der Waals surface area contributed by atoms with Crippen LogP contribution in [-0.2, 0) is 4.79 Å². The van der Waals surface area contributed by atoms with Gasteiger partial charge < -0.3 is 14.5 Å². The number of carbonyl (C=O) groups excluding carboxylic acids is 1. The molecule has 0 fully saturated rings. The van der Waals surface area contributed by atoms with Gasteiger partial charge in [0.1, 0.15) is 18.6 Å². The zero-order chi connectivity index (χ0) is 17.9. The minimum absolute atomic E-state index is 0.150. The molecule has 5 nitrogen and oxygen atoms in total. The molecule has 1 N–H and O–H groups in total. The Labute approximate surface area is 150 Å². The third-order valence-electron chi connectivity index (χ3n) is 4.06. The molecule has 128 valence electrons. The first kappa shape index (κ1) is 15.9. The molecule has 0 spiro atoms. The molecule has 2 aromatic carbocycles. The lowest BCUT2D eigenvalue weighted by Crippen LogP contribution is -2.04. The van der Waals surface area contributed by atoms with Crippen LogP contribution in [-0.4, -0.2) is 17.5 Å². The molecule has 3 aromatic rings. The van der Waals surface area contributed by atoms with Crippen LogP contribution in [0, 0.1) is 0 Å². The summed E-state index contributed by atoms with van der Waals surface area (Å²) in [5.41, 5.74) is 3.81. The Balaban J connectivity index is 1.73. The van der Waals surface area contributed by atoms with Crippen LogP contribution >= 0.6 is 0 Å². The van der Waals surface area contributed by atoms with Gasteiger partial charge >= 0.3 is 0 Å². The molecule has 4 rings (SSSR count). The fraction of sp³-hybridized carbons (Fsp3) is 0.0476. The topological polar surface area (TPSA) is 64.4 Å². The van der Waals surface area contributed by atoms with Crippen molar-refractivity contribution < 1.29 is 13.9 Å². The molecule has 0 unspecified atom stereocenters. The number of benzene rings is 2. The molecule has 5 heteroatoms. The van der Waals surface area contributed by atoms with E-state index < -0.39 is 0 Å². The molecule has 1 aliphatic rings. The maximum Gasteiger partial charge on any atom is 0.256 e. The molecule has 0 saturated carbocycles. The number of oxazole rings is 1. The van der Waals surface area contributed by atoms with Crippen LogP contribution in [0.1, 0.15) is 11.1 Å². The third kappa shape index (κ3) is 2.91. The number of hydrogen-bond donors (Lipinski definition) is 1. The zero-order valence-electron chi connectivity index (χ0n) is 13.9. The Morgan fingerprint density at radius 3 is 2.92 bits per heavy atom. The summed E-state index contributed by atoms with van der Waals surface area (Å²) in [6.07, 6.45) is 6.63. The summed E-state index contributed by atoms with van der Waals surface area (Å²) in [5, 5.41) is 2.90. The van der Waals surface area contributed by atoms with Crippen molar-refractivity contribution in [1.82, 2.24) is 4.98 Å².